The van der Waals surface area contributed by atoms with Gasteiger partial charge in [-0.25, -0.2) is 0 Å². The second kappa shape index (κ2) is 6.39. The molecule has 1 fully saturated rings. The Morgan fingerprint density at radius 2 is 1.89 bits per heavy atom. The molecule has 0 spiro atoms. The van der Waals surface area contributed by atoms with Crippen LogP contribution >= 0.6 is 0 Å². The van der Waals surface area contributed by atoms with Crippen LogP contribution in [0.2, 0.25) is 0 Å². The molecule has 1 aliphatic carbocycles. The number of hydrogen-bond acceptors (Lipinski definition) is 2. The minimum absolute atomic E-state index is 0.0789. The predicted molar refractivity (Wildman–Crippen MR) is 66.8 cm³/mol. The molecule has 106 valence electrons. The van der Waals surface area contributed by atoms with Gasteiger partial charge in [-0.3, -0.25) is 0 Å². The second-order valence-electron chi connectivity index (χ2n) is 4.85. The summed E-state index contributed by atoms with van der Waals surface area (Å²) in [6.07, 6.45) is -1.89. The lowest BCUT2D eigenvalue weighted by Gasteiger charge is -2.19. The van der Waals surface area contributed by atoms with E-state index in [1.807, 2.05) is 30.3 Å². The van der Waals surface area contributed by atoms with E-state index < -0.39 is 12.8 Å². The fraction of sp³-hybridized carbons (Fsp3) is 0.571. The van der Waals surface area contributed by atoms with Crippen molar-refractivity contribution < 1.29 is 17.9 Å². The zero-order valence-corrected chi connectivity index (χ0v) is 10.6. The normalized spacial score (nSPS) is 17.4. The van der Waals surface area contributed by atoms with Crippen molar-refractivity contribution in [3.63, 3.8) is 0 Å². The Morgan fingerprint density at radius 1 is 1.21 bits per heavy atom. The Morgan fingerprint density at radius 3 is 2.47 bits per heavy atom. The first-order valence-corrected chi connectivity index (χ1v) is 6.49. The molecule has 0 radical (unpaired) electrons. The molecule has 1 unspecified atom stereocenters. The number of rotatable bonds is 7. The molecule has 1 aromatic carbocycles. The molecule has 1 N–H and O–H groups in total. The van der Waals surface area contributed by atoms with Crippen LogP contribution in [0.3, 0.4) is 0 Å². The maximum Gasteiger partial charge on any atom is 0.411 e. The lowest BCUT2D eigenvalue weighted by atomic mass is 10.0. The molecule has 0 aromatic heterocycles. The van der Waals surface area contributed by atoms with Gasteiger partial charge in [-0.1, -0.05) is 30.3 Å². The predicted octanol–water partition coefficient (Wildman–Crippen LogP) is 3.31. The number of ether oxygens (including phenoxy) is 1. The number of nitrogens with one attached hydrogen (secondary N) is 1. The van der Waals surface area contributed by atoms with Gasteiger partial charge in [0, 0.05) is 12.6 Å². The van der Waals surface area contributed by atoms with Crippen molar-refractivity contribution in [2.24, 2.45) is 5.92 Å². The van der Waals surface area contributed by atoms with Crippen molar-refractivity contribution >= 4 is 0 Å². The van der Waals surface area contributed by atoms with Gasteiger partial charge >= 0.3 is 6.18 Å². The van der Waals surface area contributed by atoms with Gasteiger partial charge in [0.05, 0.1) is 6.61 Å². The molecular formula is C14H18F3NO. The minimum Gasteiger partial charge on any atom is -0.371 e. The van der Waals surface area contributed by atoms with Gasteiger partial charge < -0.3 is 10.1 Å². The van der Waals surface area contributed by atoms with E-state index in [2.05, 4.69) is 10.1 Å². The van der Waals surface area contributed by atoms with Gasteiger partial charge in [0.1, 0.15) is 6.61 Å². The average molecular weight is 273 g/mol. The summed E-state index contributed by atoms with van der Waals surface area (Å²) in [5.74, 6) is 0.602. The quantitative estimate of drug-likeness (QED) is 0.770. The van der Waals surface area contributed by atoms with Gasteiger partial charge in [0.2, 0.25) is 0 Å². The van der Waals surface area contributed by atoms with Crippen LogP contribution in [0.1, 0.15) is 24.4 Å². The van der Waals surface area contributed by atoms with E-state index in [0.29, 0.717) is 12.5 Å². The van der Waals surface area contributed by atoms with Crippen molar-refractivity contribution in [3.8, 4) is 0 Å². The van der Waals surface area contributed by atoms with Crippen molar-refractivity contribution in [3.05, 3.63) is 35.9 Å². The largest absolute Gasteiger partial charge is 0.411 e. The van der Waals surface area contributed by atoms with Crippen LogP contribution in [0, 0.1) is 5.92 Å². The third-order valence-corrected chi connectivity index (χ3v) is 3.13. The van der Waals surface area contributed by atoms with Crippen LogP contribution in [0.5, 0.6) is 0 Å². The van der Waals surface area contributed by atoms with Gasteiger partial charge in [0.15, 0.2) is 0 Å². The molecule has 0 bridgehead atoms. The fourth-order valence-corrected chi connectivity index (χ4v) is 2.12. The molecule has 2 rings (SSSR count). The molecule has 1 aromatic rings. The Hall–Kier alpha value is -1.07. The molecule has 0 aliphatic heterocycles. The van der Waals surface area contributed by atoms with Crippen LogP contribution in [0.4, 0.5) is 13.2 Å². The summed E-state index contributed by atoms with van der Waals surface area (Å²) in [4.78, 5) is 0. The van der Waals surface area contributed by atoms with Crippen LogP contribution in [0.15, 0.2) is 30.3 Å². The van der Waals surface area contributed by atoms with E-state index >= 15 is 0 Å². The SMILES string of the molecule is FC(F)(F)COCCNC(c1ccccc1)C1CC1. The molecule has 0 saturated heterocycles. The van der Waals surface area contributed by atoms with Crippen molar-refractivity contribution in [1.29, 1.82) is 0 Å². The summed E-state index contributed by atoms with van der Waals surface area (Å²) in [7, 11) is 0. The highest BCUT2D eigenvalue weighted by molar-refractivity contribution is 5.21. The van der Waals surface area contributed by atoms with E-state index in [0.717, 1.165) is 0 Å². The van der Waals surface area contributed by atoms with Gasteiger partial charge in [-0.2, -0.15) is 13.2 Å². The summed E-state index contributed by atoms with van der Waals surface area (Å²) in [6.45, 7) is -0.657. The monoisotopic (exact) mass is 273 g/mol. The average Bonchev–Trinajstić information content (AvgIpc) is 3.18. The van der Waals surface area contributed by atoms with Crippen LogP contribution in [-0.4, -0.2) is 25.9 Å². The van der Waals surface area contributed by atoms with Gasteiger partial charge in [0.25, 0.3) is 0 Å². The maximum absolute atomic E-state index is 11.9. The Bertz CT molecular complexity index is 376. The smallest absolute Gasteiger partial charge is 0.371 e. The van der Waals surface area contributed by atoms with E-state index in [1.165, 1.54) is 18.4 Å². The molecule has 5 heteroatoms. The summed E-state index contributed by atoms with van der Waals surface area (Å²) < 4.78 is 40.3. The van der Waals surface area contributed by atoms with Crippen molar-refractivity contribution in [2.75, 3.05) is 19.8 Å². The van der Waals surface area contributed by atoms with E-state index in [-0.39, 0.29) is 12.6 Å². The summed E-state index contributed by atoms with van der Waals surface area (Å²) >= 11 is 0. The summed E-state index contributed by atoms with van der Waals surface area (Å²) in [6, 6.07) is 10.2. The van der Waals surface area contributed by atoms with E-state index in [1.54, 1.807) is 0 Å². The molecule has 2 nitrogen and oxygen atoms in total. The first kappa shape index (κ1) is 14.3. The molecular weight excluding hydrogens is 255 g/mol. The van der Waals surface area contributed by atoms with Gasteiger partial charge in [-0.05, 0) is 24.3 Å². The highest BCUT2D eigenvalue weighted by Gasteiger charge is 2.32. The van der Waals surface area contributed by atoms with Crippen LogP contribution < -0.4 is 5.32 Å². The van der Waals surface area contributed by atoms with E-state index in [9.17, 15) is 13.2 Å². The van der Waals surface area contributed by atoms with Crippen molar-refractivity contribution in [2.45, 2.75) is 25.1 Å². The third-order valence-electron chi connectivity index (χ3n) is 3.13. The standard InChI is InChI=1S/C14H18F3NO/c15-14(16,17)10-19-9-8-18-13(12-6-7-12)11-4-2-1-3-5-11/h1-5,12-13,18H,6-10H2. The second-order valence-corrected chi connectivity index (χ2v) is 4.85. The highest BCUT2D eigenvalue weighted by atomic mass is 19.4. The Balaban J connectivity index is 1.73. The number of alkyl halides is 3. The topological polar surface area (TPSA) is 21.3 Å². The van der Waals surface area contributed by atoms with Crippen molar-refractivity contribution in [1.82, 2.24) is 5.32 Å². The maximum atomic E-state index is 11.9. The first-order valence-electron chi connectivity index (χ1n) is 6.49. The van der Waals surface area contributed by atoms with E-state index in [4.69, 9.17) is 0 Å². The number of halogens is 3. The lowest BCUT2D eigenvalue weighted by molar-refractivity contribution is -0.173. The number of benzene rings is 1. The summed E-state index contributed by atoms with van der Waals surface area (Å²) in [5, 5.41) is 3.29. The first-order chi connectivity index (χ1) is 9.06. The molecule has 1 saturated carbocycles. The minimum atomic E-state index is -4.24. The molecule has 0 heterocycles. The Labute approximate surface area is 111 Å². The molecule has 0 amide bonds. The molecule has 1 aliphatic rings. The van der Waals surface area contributed by atoms with Gasteiger partial charge in [-0.15, -0.1) is 0 Å². The lowest BCUT2D eigenvalue weighted by Crippen LogP contribution is -2.28. The number of hydrogen-bond donors (Lipinski definition) is 1. The fourth-order valence-electron chi connectivity index (χ4n) is 2.12. The zero-order valence-electron chi connectivity index (χ0n) is 10.6. The summed E-state index contributed by atoms with van der Waals surface area (Å²) in [5.41, 5.74) is 1.20. The highest BCUT2D eigenvalue weighted by Crippen LogP contribution is 2.40. The van der Waals surface area contributed by atoms with Crippen LogP contribution in [-0.2, 0) is 4.74 Å². The zero-order chi connectivity index (χ0) is 13.7. The van der Waals surface area contributed by atoms with Crippen LogP contribution in [0.25, 0.3) is 0 Å². The molecule has 19 heavy (non-hydrogen) atoms. The molecule has 1 atom stereocenters. The Kier molecular flexibility index (Phi) is 4.82. The third kappa shape index (κ3) is 5.20.